The van der Waals surface area contributed by atoms with Crippen LogP contribution < -0.4 is 10.2 Å². The summed E-state index contributed by atoms with van der Waals surface area (Å²) in [6.07, 6.45) is 12.1. The highest BCUT2D eigenvalue weighted by molar-refractivity contribution is 14.0. The van der Waals surface area contributed by atoms with Crippen molar-refractivity contribution in [3.8, 4) is 0 Å². The maximum Gasteiger partial charge on any atom is 0.225 e. The van der Waals surface area contributed by atoms with Crippen molar-refractivity contribution >= 4 is 35.9 Å². The fraction of sp³-hybridized carbons (Fsp3) is 0.773. The highest BCUT2D eigenvalue weighted by Crippen LogP contribution is 2.43. The van der Waals surface area contributed by atoms with Gasteiger partial charge in [-0.3, -0.25) is 9.89 Å². The van der Waals surface area contributed by atoms with E-state index in [-0.39, 0.29) is 24.0 Å². The molecule has 1 aromatic rings. The zero-order valence-corrected chi connectivity index (χ0v) is 20.8. The quantitative estimate of drug-likeness (QED) is 0.361. The SMILES string of the molecule is CCNC(=NCCN1CCN(c2ncccn2)CC1)N1CCC2(CCCCC2)C1.I. The molecule has 0 radical (unpaired) electrons. The predicted octanol–water partition coefficient (Wildman–Crippen LogP) is 2.84. The molecule has 1 aromatic heterocycles. The van der Waals surface area contributed by atoms with Gasteiger partial charge in [-0.05, 0) is 37.7 Å². The van der Waals surface area contributed by atoms with Gasteiger partial charge in [0.2, 0.25) is 5.95 Å². The zero-order valence-electron chi connectivity index (χ0n) is 18.4. The Balaban J connectivity index is 0.00000256. The summed E-state index contributed by atoms with van der Waals surface area (Å²) in [5.74, 6) is 1.98. The van der Waals surface area contributed by atoms with Gasteiger partial charge in [-0.25, -0.2) is 9.97 Å². The molecule has 0 unspecified atom stereocenters. The van der Waals surface area contributed by atoms with Gasteiger partial charge in [0.25, 0.3) is 0 Å². The average Bonchev–Trinajstić information content (AvgIpc) is 3.18. The Kier molecular flexibility index (Phi) is 8.98. The lowest BCUT2D eigenvalue weighted by molar-refractivity contribution is 0.203. The second-order valence-electron chi connectivity index (χ2n) is 8.85. The summed E-state index contributed by atoms with van der Waals surface area (Å²) in [4.78, 5) is 21.1. The number of hydrogen-bond donors (Lipinski definition) is 1. The summed E-state index contributed by atoms with van der Waals surface area (Å²) in [7, 11) is 0. The van der Waals surface area contributed by atoms with Crippen LogP contribution in [0, 0.1) is 5.41 Å². The predicted molar refractivity (Wildman–Crippen MR) is 134 cm³/mol. The number of halogens is 1. The Labute approximate surface area is 198 Å². The Morgan fingerprint density at radius 2 is 1.77 bits per heavy atom. The molecule has 8 heteroatoms. The molecule has 168 valence electrons. The minimum Gasteiger partial charge on any atom is -0.357 e. The smallest absolute Gasteiger partial charge is 0.225 e. The molecule has 3 aliphatic rings. The van der Waals surface area contributed by atoms with Crippen LogP contribution in [0.15, 0.2) is 23.5 Å². The van der Waals surface area contributed by atoms with E-state index < -0.39 is 0 Å². The number of nitrogens with one attached hydrogen (secondary N) is 1. The van der Waals surface area contributed by atoms with Crippen molar-refractivity contribution in [2.45, 2.75) is 45.4 Å². The molecule has 30 heavy (non-hydrogen) atoms. The van der Waals surface area contributed by atoms with E-state index in [9.17, 15) is 0 Å². The maximum atomic E-state index is 5.00. The molecule has 2 saturated heterocycles. The van der Waals surface area contributed by atoms with E-state index >= 15 is 0 Å². The Morgan fingerprint density at radius 1 is 1.03 bits per heavy atom. The van der Waals surface area contributed by atoms with E-state index in [4.69, 9.17) is 4.99 Å². The average molecular weight is 527 g/mol. The van der Waals surface area contributed by atoms with Crippen LogP contribution in [0.4, 0.5) is 5.95 Å². The topological polar surface area (TPSA) is 59.9 Å². The third kappa shape index (κ3) is 5.96. The molecule has 1 N–H and O–H groups in total. The molecule has 3 fully saturated rings. The Bertz CT molecular complexity index is 655. The lowest BCUT2D eigenvalue weighted by Crippen LogP contribution is -2.48. The first-order valence-electron chi connectivity index (χ1n) is 11.6. The summed E-state index contributed by atoms with van der Waals surface area (Å²) in [5, 5.41) is 3.55. The Hall–Kier alpha value is -1.16. The molecule has 2 aliphatic heterocycles. The lowest BCUT2D eigenvalue weighted by atomic mass is 9.73. The van der Waals surface area contributed by atoms with Crippen LogP contribution in [0.1, 0.15) is 45.4 Å². The van der Waals surface area contributed by atoms with Crippen molar-refractivity contribution < 1.29 is 0 Å². The number of piperazine rings is 1. The van der Waals surface area contributed by atoms with E-state index in [0.29, 0.717) is 5.41 Å². The first kappa shape index (κ1) is 23.5. The summed E-state index contributed by atoms with van der Waals surface area (Å²) in [6.45, 7) is 11.5. The fourth-order valence-corrected chi connectivity index (χ4v) is 5.17. The third-order valence-electron chi connectivity index (χ3n) is 6.87. The van der Waals surface area contributed by atoms with Gasteiger partial charge >= 0.3 is 0 Å². The fourth-order valence-electron chi connectivity index (χ4n) is 5.17. The van der Waals surface area contributed by atoms with Crippen LogP contribution in [-0.4, -0.2) is 84.6 Å². The molecule has 0 aromatic carbocycles. The normalized spacial score (nSPS) is 22.2. The molecule has 0 atom stereocenters. The van der Waals surface area contributed by atoms with Gasteiger partial charge in [-0.1, -0.05) is 19.3 Å². The minimum absolute atomic E-state index is 0. The van der Waals surface area contributed by atoms with Gasteiger partial charge in [0.05, 0.1) is 6.54 Å². The molecule has 1 spiro atoms. The van der Waals surface area contributed by atoms with Gasteiger partial charge in [0.1, 0.15) is 0 Å². The summed E-state index contributed by atoms with van der Waals surface area (Å²) in [6, 6.07) is 1.87. The van der Waals surface area contributed by atoms with Crippen molar-refractivity contribution in [3.05, 3.63) is 18.5 Å². The molecule has 1 saturated carbocycles. The molecule has 3 heterocycles. The number of likely N-dealkylation sites (tertiary alicyclic amines) is 1. The number of hydrogen-bond acceptors (Lipinski definition) is 5. The van der Waals surface area contributed by atoms with E-state index in [1.165, 1.54) is 51.6 Å². The van der Waals surface area contributed by atoms with Gasteiger partial charge in [-0.2, -0.15) is 0 Å². The van der Waals surface area contributed by atoms with Crippen LogP contribution in [0.5, 0.6) is 0 Å². The molecular formula is C22H38IN7. The molecule has 7 nitrogen and oxygen atoms in total. The third-order valence-corrected chi connectivity index (χ3v) is 6.87. The van der Waals surface area contributed by atoms with Crippen molar-refractivity contribution in [2.75, 3.05) is 63.8 Å². The number of aromatic nitrogens is 2. The van der Waals surface area contributed by atoms with Crippen LogP contribution in [0.25, 0.3) is 0 Å². The molecule has 1 aliphatic carbocycles. The van der Waals surface area contributed by atoms with E-state index in [1.54, 1.807) is 0 Å². The second kappa shape index (κ2) is 11.5. The zero-order chi connectivity index (χ0) is 19.9. The molecule has 0 amide bonds. The first-order chi connectivity index (χ1) is 14.3. The molecule has 4 rings (SSSR count). The van der Waals surface area contributed by atoms with Crippen LogP contribution >= 0.6 is 24.0 Å². The van der Waals surface area contributed by atoms with Gasteiger partial charge in [-0.15, -0.1) is 24.0 Å². The first-order valence-corrected chi connectivity index (χ1v) is 11.6. The second-order valence-corrected chi connectivity index (χ2v) is 8.85. The van der Waals surface area contributed by atoms with E-state index in [2.05, 4.69) is 36.9 Å². The Morgan fingerprint density at radius 3 is 2.47 bits per heavy atom. The summed E-state index contributed by atoms with van der Waals surface area (Å²) in [5.41, 5.74) is 0.574. The van der Waals surface area contributed by atoms with Crippen molar-refractivity contribution in [2.24, 2.45) is 10.4 Å². The number of nitrogens with zero attached hydrogens (tertiary/aromatic N) is 6. The van der Waals surface area contributed by atoms with Crippen molar-refractivity contribution in [1.29, 1.82) is 0 Å². The van der Waals surface area contributed by atoms with Crippen LogP contribution in [0.3, 0.4) is 0 Å². The highest BCUT2D eigenvalue weighted by atomic mass is 127. The summed E-state index contributed by atoms with van der Waals surface area (Å²) < 4.78 is 0. The molecular weight excluding hydrogens is 489 g/mol. The maximum absolute atomic E-state index is 5.00. The monoisotopic (exact) mass is 527 g/mol. The van der Waals surface area contributed by atoms with Crippen molar-refractivity contribution in [1.82, 2.24) is 25.1 Å². The number of rotatable bonds is 5. The van der Waals surface area contributed by atoms with E-state index in [1.807, 2.05) is 18.5 Å². The number of aliphatic imine (C=N–C) groups is 1. The van der Waals surface area contributed by atoms with Crippen molar-refractivity contribution in [3.63, 3.8) is 0 Å². The number of anilines is 1. The minimum atomic E-state index is 0. The van der Waals surface area contributed by atoms with Gasteiger partial charge in [0, 0.05) is 64.8 Å². The largest absolute Gasteiger partial charge is 0.357 e. The standard InChI is InChI=1S/C22H37N7.HI/c1-2-23-20(29-13-9-22(19-29)7-4-3-5-8-22)26-12-14-27-15-17-28(18-16-27)21-24-10-6-11-25-21;/h6,10-11H,2-5,7-9,12-19H2,1H3,(H,23,26);1H. The number of guanidine groups is 1. The van der Waals surface area contributed by atoms with Crippen LogP contribution in [-0.2, 0) is 0 Å². The van der Waals surface area contributed by atoms with Crippen LogP contribution in [0.2, 0.25) is 0 Å². The lowest BCUT2D eigenvalue weighted by Gasteiger charge is -2.34. The van der Waals surface area contributed by atoms with Gasteiger partial charge in [0.15, 0.2) is 5.96 Å². The van der Waals surface area contributed by atoms with E-state index in [0.717, 1.165) is 57.7 Å². The van der Waals surface area contributed by atoms with Gasteiger partial charge < -0.3 is 15.1 Å². The summed E-state index contributed by atoms with van der Waals surface area (Å²) >= 11 is 0. The highest BCUT2D eigenvalue weighted by Gasteiger charge is 2.39. The molecule has 0 bridgehead atoms.